The maximum absolute atomic E-state index is 12.4. The summed E-state index contributed by atoms with van der Waals surface area (Å²) in [6.45, 7) is 2.40. The van der Waals surface area contributed by atoms with Crippen LogP contribution in [0.2, 0.25) is 0 Å². The second kappa shape index (κ2) is 10.5. The van der Waals surface area contributed by atoms with Crippen molar-refractivity contribution in [3.8, 4) is 11.4 Å². The lowest BCUT2D eigenvalue weighted by Crippen LogP contribution is -2.33. The highest BCUT2D eigenvalue weighted by atomic mass is 16.5. The molecule has 0 saturated heterocycles. The van der Waals surface area contributed by atoms with Gasteiger partial charge in [0.25, 0.3) is 0 Å². The third kappa shape index (κ3) is 5.57. The van der Waals surface area contributed by atoms with Crippen LogP contribution in [0.25, 0.3) is 16.7 Å². The Labute approximate surface area is 192 Å². The summed E-state index contributed by atoms with van der Waals surface area (Å²) in [6.07, 6.45) is 0.683. The fourth-order valence-electron chi connectivity index (χ4n) is 3.61. The minimum absolute atomic E-state index is 0.0961. The van der Waals surface area contributed by atoms with Gasteiger partial charge in [0.05, 0.1) is 24.2 Å². The Kier molecular flexibility index (Phi) is 6.99. The Balaban J connectivity index is 1.34. The van der Waals surface area contributed by atoms with Gasteiger partial charge < -0.3 is 15.4 Å². The van der Waals surface area contributed by atoms with Crippen LogP contribution in [-0.2, 0) is 16.0 Å². The molecule has 2 N–H and O–H groups in total. The number of fused-ring (bicyclic) bond motifs is 1. The molecule has 4 rings (SSSR count). The van der Waals surface area contributed by atoms with Gasteiger partial charge in [0, 0.05) is 24.2 Å². The van der Waals surface area contributed by atoms with Crippen LogP contribution in [0, 0.1) is 0 Å². The number of benzene rings is 3. The number of para-hydroxylation sites is 3. The van der Waals surface area contributed by atoms with E-state index >= 15 is 0 Å². The van der Waals surface area contributed by atoms with Crippen LogP contribution in [0.1, 0.15) is 19.2 Å². The lowest BCUT2D eigenvalue weighted by atomic mass is 10.2. The van der Waals surface area contributed by atoms with E-state index < -0.39 is 0 Å². The molecule has 0 atom stereocenters. The molecule has 0 aliphatic rings. The summed E-state index contributed by atoms with van der Waals surface area (Å²) in [7, 11) is 0. The van der Waals surface area contributed by atoms with Gasteiger partial charge in [-0.3, -0.25) is 14.2 Å². The number of anilines is 1. The summed E-state index contributed by atoms with van der Waals surface area (Å²) in [5.74, 6) is 1.05. The molecule has 7 heteroatoms. The number of nitrogens with one attached hydrogen (secondary N) is 2. The molecule has 0 aliphatic heterocycles. The molecule has 7 nitrogen and oxygen atoms in total. The van der Waals surface area contributed by atoms with E-state index in [1.807, 2.05) is 61.5 Å². The predicted molar refractivity (Wildman–Crippen MR) is 129 cm³/mol. The zero-order valence-corrected chi connectivity index (χ0v) is 18.5. The van der Waals surface area contributed by atoms with E-state index in [4.69, 9.17) is 9.72 Å². The first-order valence-electron chi connectivity index (χ1n) is 10.9. The highest BCUT2D eigenvalue weighted by molar-refractivity contribution is 5.94. The number of aromatic nitrogens is 2. The van der Waals surface area contributed by atoms with E-state index in [0.29, 0.717) is 18.7 Å². The topological polar surface area (TPSA) is 85.2 Å². The van der Waals surface area contributed by atoms with Crippen molar-refractivity contribution in [1.82, 2.24) is 14.9 Å². The molecule has 0 spiro atoms. The van der Waals surface area contributed by atoms with Crippen molar-refractivity contribution in [3.63, 3.8) is 0 Å². The Morgan fingerprint density at radius 2 is 1.64 bits per heavy atom. The van der Waals surface area contributed by atoms with Gasteiger partial charge in [-0.25, -0.2) is 4.98 Å². The number of amides is 2. The zero-order valence-electron chi connectivity index (χ0n) is 18.5. The third-order valence-electron chi connectivity index (χ3n) is 5.12. The molecule has 1 aromatic heterocycles. The van der Waals surface area contributed by atoms with E-state index in [1.54, 1.807) is 24.3 Å². The second-order valence-corrected chi connectivity index (χ2v) is 7.47. The van der Waals surface area contributed by atoms with Crippen LogP contribution >= 0.6 is 0 Å². The molecule has 168 valence electrons. The fraction of sp³-hybridized carbons (Fsp3) is 0.192. The van der Waals surface area contributed by atoms with Gasteiger partial charge >= 0.3 is 0 Å². The standard InChI is InChI=1S/C26H26N4O3/c1-2-33-21-14-12-19(13-15-21)28-26(32)18-27-25(31)17-16-24-29-22-10-6-7-11-23(22)30(24)20-8-4-3-5-9-20/h3-15H,2,16-18H2,1H3,(H,27,31)(H,28,32). The lowest BCUT2D eigenvalue weighted by Gasteiger charge is -2.10. The number of aryl methyl sites for hydroxylation is 1. The predicted octanol–water partition coefficient (Wildman–Crippen LogP) is 4.11. The number of carbonyl (C=O) groups is 2. The molecule has 3 aromatic carbocycles. The average molecular weight is 443 g/mol. The van der Waals surface area contributed by atoms with Gasteiger partial charge in [-0.05, 0) is 55.5 Å². The highest BCUT2D eigenvalue weighted by Gasteiger charge is 2.14. The molecular formula is C26H26N4O3. The quantitative estimate of drug-likeness (QED) is 0.409. The average Bonchev–Trinajstić information content (AvgIpc) is 3.22. The van der Waals surface area contributed by atoms with E-state index in [2.05, 4.69) is 15.2 Å². The number of carbonyl (C=O) groups excluding carboxylic acids is 2. The number of ether oxygens (including phenoxy) is 1. The van der Waals surface area contributed by atoms with Crippen molar-refractivity contribution in [2.75, 3.05) is 18.5 Å². The number of imidazole rings is 1. The summed E-state index contributed by atoms with van der Waals surface area (Å²) in [6, 6.07) is 25.0. The summed E-state index contributed by atoms with van der Waals surface area (Å²) in [4.78, 5) is 29.3. The van der Waals surface area contributed by atoms with Crippen LogP contribution in [-0.4, -0.2) is 34.5 Å². The Hall–Kier alpha value is -4.13. The molecule has 0 fully saturated rings. The smallest absolute Gasteiger partial charge is 0.243 e. The minimum Gasteiger partial charge on any atom is -0.494 e. The molecule has 0 bridgehead atoms. The van der Waals surface area contributed by atoms with Gasteiger partial charge in [0.2, 0.25) is 11.8 Å². The number of nitrogens with zero attached hydrogens (tertiary/aromatic N) is 2. The first-order valence-corrected chi connectivity index (χ1v) is 10.9. The van der Waals surface area contributed by atoms with E-state index in [-0.39, 0.29) is 24.8 Å². The van der Waals surface area contributed by atoms with Gasteiger partial charge in [-0.1, -0.05) is 30.3 Å². The Bertz CT molecular complexity index is 1230. The number of hydrogen-bond acceptors (Lipinski definition) is 4. The van der Waals surface area contributed by atoms with Crippen LogP contribution < -0.4 is 15.4 Å². The van der Waals surface area contributed by atoms with Gasteiger partial charge in [0.15, 0.2) is 0 Å². The van der Waals surface area contributed by atoms with Crippen molar-refractivity contribution in [2.45, 2.75) is 19.8 Å². The largest absolute Gasteiger partial charge is 0.494 e. The zero-order chi connectivity index (χ0) is 23.0. The van der Waals surface area contributed by atoms with Crippen molar-refractivity contribution >= 4 is 28.5 Å². The van der Waals surface area contributed by atoms with E-state index in [9.17, 15) is 9.59 Å². The molecule has 0 aliphatic carbocycles. The van der Waals surface area contributed by atoms with Crippen molar-refractivity contribution in [1.29, 1.82) is 0 Å². The summed E-state index contributed by atoms with van der Waals surface area (Å²) in [5, 5.41) is 5.45. The lowest BCUT2D eigenvalue weighted by molar-refractivity contribution is -0.124. The molecule has 2 amide bonds. The van der Waals surface area contributed by atoms with Crippen LogP contribution in [0.4, 0.5) is 5.69 Å². The molecule has 0 unspecified atom stereocenters. The Morgan fingerprint density at radius 1 is 0.909 bits per heavy atom. The Morgan fingerprint density at radius 3 is 2.39 bits per heavy atom. The first-order chi connectivity index (χ1) is 16.1. The first kappa shape index (κ1) is 22.1. The van der Waals surface area contributed by atoms with Crippen LogP contribution in [0.3, 0.4) is 0 Å². The van der Waals surface area contributed by atoms with E-state index in [1.165, 1.54) is 0 Å². The second-order valence-electron chi connectivity index (χ2n) is 7.47. The number of hydrogen-bond donors (Lipinski definition) is 2. The van der Waals surface area contributed by atoms with Crippen LogP contribution in [0.15, 0.2) is 78.9 Å². The fourth-order valence-corrected chi connectivity index (χ4v) is 3.61. The molecule has 0 radical (unpaired) electrons. The van der Waals surface area contributed by atoms with Crippen LogP contribution in [0.5, 0.6) is 5.75 Å². The third-order valence-corrected chi connectivity index (χ3v) is 5.12. The van der Waals surface area contributed by atoms with Gasteiger partial charge in [-0.2, -0.15) is 0 Å². The maximum atomic E-state index is 12.4. The molecule has 33 heavy (non-hydrogen) atoms. The summed E-state index contributed by atoms with van der Waals surface area (Å²) < 4.78 is 7.46. The molecule has 4 aromatic rings. The van der Waals surface area contributed by atoms with E-state index in [0.717, 1.165) is 28.3 Å². The normalized spacial score (nSPS) is 10.7. The molecule has 0 saturated carbocycles. The highest BCUT2D eigenvalue weighted by Crippen LogP contribution is 2.22. The minimum atomic E-state index is -0.288. The monoisotopic (exact) mass is 442 g/mol. The van der Waals surface area contributed by atoms with Crippen molar-refractivity contribution in [3.05, 3.63) is 84.7 Å². The molecule has 1 heterocycles. The molecular weight excluding hydrogens is 416 g/mol. The number of rotatable bonds is 9. The SMILES string of the molecule is CCOc1ccc(NC(=O)CNC(=O)CCc2nc3ccccc3n2-c2ccccc2)cc1. The maximum Gasteiger partial charge on any atom is 0.243 e. The van der Waals surface area contributed by atoms with Crippen molar-refractivity contribution in [2.24, 2.45) is 0 Å². The summed E-state index contributed by atoms with van der Waals surface area (Å²) >= 11 is 0. The summed E-state index contributed by atoms with van der Waals surface area (Å²) in [5.41, 5.74) is 3.52. The van der Waals surface area contributed by atoms with Gasteiger partial charge in [-0.15, -0.1) is 0 Å². The van der Waals surface area contributed by atoms with Crippen molar-refractivity contribution < 1.29 is 14.3 Å². The van der Waals surface area contributed by atoms with Gasteiger partial charge in [0.1, 0.15) is 11.6 Å².